The standard InChI is InChI=1S/C8H17NO2S/c1-3-11-8(10)7-9-5-4-6-12-2/h9H,3-7H2,1-2H3. The summed E-state index contributed by atoms with van der Waals surface area (Å²) >= 11 is 1.81. The first-order valence-electron chi connectivity index (χ1n) is 4.16. The molecule has 0 aliphatic heterocycles. The van der Waals surface area contributed by atoms with E-state index < -0.39 is 0 Å². The van der Waals surface area contributed by atoms with Crippen LogP contribution in [0.1, 0.15) is 13.3 Å². The lowest BCUT2D eigenvalue weighted by molar-refractivity contribution is -0.141. The Kier molecular flexibility index (Phi) is 8.71. The van der Waals surface area contributed by atoms with Crippen LogP contribution in [-0.4, -0.2) is 37.7 Å². The number of carbonyl (C=O) groups excluding carboxylic acids is 1. The Hall–Kier alpha value is -0.220. The SMILES string of the molecule is CCOC(=O)CNCCCSC. The maximum Gasteiger partial charge on any atom is 0.319 e. The number of hydrogen-bond donors (Lipinski definition) is 1. The topological polar surface area (TPSA) is 38.3 Å². The van der Waals surface area contributed by atoms with Gasteiger partial charge in [0.2, 0.25) is 0 Å². The number of thioether (sulfide) groups is 1. The van der Waals surface area contributed by atoms with Gasteiger partial charge in [0.15, 0.2) is 0 Å². The third-order valence-corrected chi connectivity index (χ3v) is 1.97. The van der Waals surface area contributed by atoms with Crippen molar-refractivity contribution in [3.8, 4) is 0 Å². The highest BCUT2D eigenvalue weighted by Gasteiger charge is 1.98. The van der Waals surface area contributed by atoms with Gasteiger partial charge in [-0.3, -0.25) is 4.79 Å². The van der Waals surface area contributed by atoms with Crippen molar-refractivity contribution in [2.45, 2.75) is 13.3 Å². The Labute approximate surface area is 78.2 Å². The van der Waals surface area contributed by atoms with Crippen LogP contribution in [0.4, 0.5) is 0 Å². The highest BCUT2D eigenvalue weighted by atomic mass is 32.2. The number of ether oxygens (including phenoxy) is 1. The van der Waals surface area contributed by atoms with Crippen molar-refractivity contribution in [1.82, 2.24) is 5.32 Å². The minimum Gasteiger partial charge on any atom is -0.465 e. The number of nitrogens with one attached hydrogen (secondary N) is 1. The largest absolute Gasteiger partial charge is 0.465 e. The highest BCUT2D eigenvalue weighted by molar-refractivity contribution is 7.98. The van der Waals surface area contributed by atoms with Gasteiger partial charge in [0, 0.05) is 0 Å². The molecule has 0 amide bonds. The fourth-order valence-electron chi connectivity index (χ4n) is 0.744. The third kappa shape index (κ3) is 7.88. The fourth-order valence-corrected chi connectivity index (χ4v) is 1.18. The van der Waals surface area contributed by atoms with Gasteiger partial charge in [-0.25, -0.2) is 0 Å². The molecule has 0 aliphatic carbocycles. The van der Waals surface area contributed by atoms with Crippen LogP contribution in [0.3, 0.4) is 0 Å². The highest BCUT2D eigenvalue weighted by Crippen LogP contribution is 1.92. The minimum absolute atomic E-state index is 0.165. The predicted molar refractivity (Wildman–Crippen MR) is 52.5 cm³/mol. The van der Waals surface area contributed by atoms with E-state index in [1.807, 2.05) is 18.7 Å². The Bertz CT molecular complexity index is 120. The summed E-state index contributed by atoms with van der Waals surface area (Å²) < 4.78 is 4.74. The first-order chi connectivity index (χ1) is 5.81. The second kappa shape index (κ2) is 8.87. The molecule has 0 spiro atoms. The first-order valence-corrected chi connectivity index (χ1v) is 5.56. The zero-order chi connectivity index (χ0) is 9.23. The van der Waals surface area contributed by atoms with Gasteiger partial charge in [-0.1, -0.05) is 0 Å². The van der Waals surface area contributed by atoms with Crippen LogP contribution < -0.4 is 5.32 Å². The lowest BCUT2D eigenvalue weighted by Crippen LogP contribution is -2.25. The van der Waals surface area contributed by atoms with Crippen LogP contribution in [0, 0.1) is 0 Å². The predicted octanol–water partition coefficient (Wildman–Crippen LogP) is 0.892. The van der Waals surface area contributed by atoms with Gasteiger partial charge < -0.3 is 10.1 Å². The summed E-state index contributed by atoms with van der Waals surface area (Å²) in [5.41, 5.74) is 0. The lowest BCUT2D eigenvalue weighted by Gasteiger charge is -2.03. The zero-order valence-corrected chi connectivity index (χ0v) is 8.58. The Balaban J connectivity index is 3.03. The molecule has 0 atom stereocenters. The maximum absolute atomic E-state index is 10.8. The lowest BCUT2D eigenvalue weighted by atomic mass is 10.5. The minimum atomic E-state index is -0.165. The summed E-state index contributed by atoms with van der Waals surface area (Å²) in [4.78, 5) is 10.8. The Morgan fingerprint density at radius 1 is 1.58 bits per heavy atom. The zero-order valence-electron chi connectivity index (χ0n) is 7.76. The molecule has 3 nitrogen and oxygen atoms in total. The average Bonchev–Trinajstić information content (AvgIpc) is 2.05. The van der Waals surface area contributed by atoms with Crippen LogP contribution in [0.25, 0.3) is 0 Å². The third-order valence-electron chi connectivity index (χ3n) is 1.28. The molecule has 0 aromatic carbocycles. The van der Waals surface area contributed by atoms with E-state index in [1.165, 1.54) is 0 Å². The van der Waals surface area contributed by atoms with Crippen molar-refractivity contribution in [2.24, 2.45) is 0 Å². The van der Waals surface area contributed by atoms with E-state index in [2.05, 4.69) is 11.6 Å². The van der Waals surface area contributed by atoms with Gasteiger partial charge in [0.1, 0.15) is 0 Å². The van der Waals surface area contributed by atoms with Crippen molar-refractivity contribution in [3.63, 3.8) is 0 Å². The van der Waals surface area contributed by atoms with E-state index in [1.54, 1.807) is 0 Å². The molecule has 0 saturated heterocycles. The molecule has 0 aromatic rings. The molecule has 72 valence electrons. The van der Waals surface area contributed by atoms with Crippen molar-refractivity contribution in [3.05, 3.63) is 0 Å². The molecule has 12 heavy (non-hydrogen) atoms. The van der Waals surface area contributed by atoms with E-state index in [-0.39, 0.29) is 5.97 Å². The van der Waals surface area contributed by atoms with Gasteiger partial charge in [-0.05, 0) is 31.9 Å². The normalized spacial score (nSPS) is 9.83. The van der Waals surface area contributed by atoms with E-state index in [9.17, 15) is 4.79 Å². The monoisotopic (exact) mass is 191 g/mol. The summed E-state index contributed by atoms with van der Waals surface area (Å²) in [5.74, 6) is 0.970. The number of rotatable bonds is 7. The molecule has 0 rings (SSSR count). The van der Waals surface area contributed by atoms with Gasteiger partial charge in [-0.2, -0.15) is 11.8 Å². The number of esters is 1. The van der Waals surface area contributed by atoms with E-state index in [0.717, 1.165) is 18.7 Å². The fraction of sp³-hybridized carbons (Fsp3) is 0.875. The first kappa shape index (κ1) is 11.8. The van der Waals surface area contributed by atoms with Gasteiger partial charge >= 0.3 is 5.97 Å². The molecule has 0 fully saturated rings. The summed E-state index contributed by atoms with van der Waals surface area (Å²) in [6.45, 7) is 3.50. The summed E-state index contributed by atoms with van der Waals surface area (Å²) in [5, 5.41) is 3.02. The second-order valence-electron chi connectivity index (χ2n) is 2.33. The Morgan fingerprint density at radius 2 is 2.33 bits per heavy atom. The molecule has 0 aromatic heterocycles. The van der Waals surface area contributed by atoms with Crippen molar-refractivity contribution in [2.75, 3.05) is 31.7 Å². The quantitative estimate of drug-likeness (QED) is 0.479. The number of carbonyl (C=O) groups is 1. The molecular formula is C8H17NO2S. The van der Waals surface area contributed by atoms with Crippen molar-refractivity contribution >= 4 is 17.7 Å². The van der Waals surface area contributed by atoms with Crippen molar-refractivity contribution in [1.29, 1.82) is 0 Å². The van der Waals surface area contributed by atoms with Crippen molar-refractivity contribution < 1.29 is 9.53 Å². The summed E-state index contributed by atoms with van der Waals surface area (Å²) in [6, 6.07) is 0. The maximum atomic E-state index is 10.8. The molecular weight excluding hydrogens is 174 g/mol. The molecule has 0 aliphatic rings. The van der Waals surface area contributed by atoms with Crippen LogP contribution >= 0.6 is 11.8 Å². The second-order valence-corrected chi connectivity index (χ2v) is 3.31. The van der Waals surface area contributed by atoms with Crippen LogP contribution in [0.2, 0.25) is 0 Å². The molecule has 0 heterocycles. The smallest absolute Gasteiger partial charge is 0.319 e. The summed E-state index contributed by atoms with van der Waals surface area (Å²) in [7, 11) is 0. The van der Waals surface area contributed by atoms with Gasteiger partial charge in [-0.15, -0.1) is 0 Å². The van der Waals surface area contributed by atoms with Crippen LogP contribution in [0.15, 0.2) is 0 Å². The molecule has 0 unspecified atom stereocenters. The molecule has 0 radical (unpaired) electrons. The van der Waals surface area contributed by atoms with Gasteiger partial charge in [0.05, 0.1) is 13.2 Å². The van der Waals surface area contributed by atoms with E-state index in [0.29, 0.717) is 13.2 Å². The number of hydrogen-bond acceptors (Lipinski definition) is 4. The Morgan fingerprint density at radius 3 is 2.92 bits per heavy atom. The average molecular weight is 191 g/mol. The molecule has 4 heteroatoms. The van der Waals surface area contributed by atoms with E-state index in [4.69, 9.17) is 4.74 Å². The molecule has 0 saturated carbocycles. The van der Waals surface area contributed by atoms with E-state index >= 15 is 0 Å². The summed E-state index contributed by atoms with van der Waals surface area (Å²) in [6.07, 6.45) is 3.17. The van der Waals surface area contributed by atoms with Gasteiger partial charge in [0.25, 0.3) is 0 Å². The van der Waals surface area contributed by atoms with Crippen LogP contribution in [-0.2, 0) is 9.53 Å². The molecule has 0 bridgehead atoms. The van der Waals surface area contributed by atoms with Crippen LogP contribution in [0.5, 0.6) is 0 Å². The molecule has 1 N–H and O–H groups in total.